The predicted octanol–water partition coefficient (Wildman–Crippen LogP) is 8.81. The van der Waals surface area contributed by atoms with E-state index in [4.69, 9.17) is 28.4 Å². The van der Waals surface area contributed by atoms with E-state index in [1.54, 1.807) is 0 Å². The Kier molecular flexibility index (Phi) is 8.39. The first-order valence-corrected chi connectivity index (χ1v) is 19.7. The van der Waals surface area contributed by atoms with Gasteiger partial charge < -0.3 is 33.0 Å². The molecular formula is C45H39O7P. The number of ether oxygens (including phenoxy) is 6. The van der Waals surface area contributed by atoms with Crippen molar-refractivity contribution in [2.75, 3.05) is 19.8 Å². The molecule has 8 heteroatoms. The Hall–Kier alpha value is -5.65. The summed E-state index contributed by atoms with van der Waals surface area (Å²) in [6.07, 6.45) is -0.227. The summed E-state index contributed by atoms with van der Waals surface area (Å²) in [7, 11) is -3.36. The van der Waals surface area contributed by atoms with E-state index in [2.05, 4.69) is 0 Å². The lowest BCUT2D eigenvalue weighted by atomic mass is 10.0. The van der Waals surface area contributed by atoms with E-state index >= 15 is 4.57 Å². The lowest BCUT2D eigenvalue weighted by molar-refractivity contribution is 0.155. The summed E-state index contributed by atoms with van der Waals surface area (Å²) in [5, 5.41) is 2.20. The van der Waals surface area contributed by atoms with Crippen LogP contribution in [0.4, 0.5) is 0 Å². The zero-order valence-corrected chi connectivity index (χ0v) is 30.7. The van der Waals surface area contributed by atoms with Crippen molar-refractivity contribution in [1.82, 2.24) is 0 Å². The quantitative estimate of drug-likeness (QED) is 0.159. The fourth-order valence-corrected chi connectivity index (χ4v) is 9.78. The van der Waals surface area contributed by atoms with Crippen molar-refractivity contribution in [2.45, 2.75) is 39.1 Å². The Bertz CT molecular complexity index is 2090. The first-order chi connectivity index (χ1) is 25.8. The maximum absolute atomic E-state index is 15.8. The molecular weight excluding hydrogens is 683 g/mol. The van der Waals surface area contributed by atoms with Crippen LogP contribution >= 0.6 is 7.14 Å². The summed E-state index contributed by atoms with van der Waals surface area (Å²) < 4.78 is 51.9. The normalized spacial score (nSPS) is 19.6. The van der Waals surface area contributed by atoms with Crippen molar-refractivity contribution in [3.05, 3.63) is 127 Å². The average Bonchev–Trinajstić information content (AvgIpc) is 3.50. The molecule has 0 fully saturated rings. The van der Waals surface area contributed by atoms with E-state index in [9.17, 15) is 0 Å². The van der Waals surface area contributed by atoms with Gasteiger partial charge in [-0.15, -0.1) is 0 Å². The van der Waals surface area contributed by atoms with Crippen molar-refractivity contribution >= 4 is 23.1 Å². The largest absolute Gasteiger partial charge is 0.490 e. The minimum atomic E-state index is -3.36. The summed E-state index contributed by atoms with van der Waals surface area (Å²) >= 11 is 0. The molecule has 3 aliphatic heterocycles. The molecule has 6 aromatic rings. The van der Waals surface area contributed by atoms with Crippen LogP contribution in [0.1, 0.15) is 20.8 Å². The Balaban J connectivity index is 1.11. The molecule has 0 spiro atoms. The van der Waals surface area contributed by atoms with Crippen LogP contribution in [0.15, 0.2) is 127 Å². The smallest absolute Gasteiger partial charge is 0.171 e. The van der Waals surface area contributed by atoms with E-state index in [-0.39, 0.29) is 18.3 Å². The molecule has 0 radical (unpaired) electrons. The van der Waals surface area contributed by atoms with Crippen LogP contribution in [-0.2, 0) is 4.57 Å². The highest BCUT2D eigenvalue weighted by Gasteiger charge is 2.31. The summed E-state index contributed by atoms with van der Waals surface area (Å²) in [5.41, 5.74) is 5.80. The van der Waals surface area contributed by atoms with Gasteiger partial charge in [-0.1, -0.05) is 72.8 Å². The highest BCUT2D eigenvalue weighted by Crippen LogP contribution is 2.45. The average molecular weight is 723 g/mol. The summed E-state index contributed by atoms with van der Waals surface area (Å²) in [5.74, 6) is 4.68. The Labute approximate surface area is 309 Å². The van der Waals surface area contributed by atoms with Crippen LogP contribution in [0.2, 0.25) is 0 Å². The first kappa shape index (κ1) is 33.2. The lowest BCUT2D eigenvalue weighted by Gasteiger charge is -2.22. The van der Waals surface area contributed by atoms with E-state index in [0.717, 1.165) is 83.8 Å². The van der Waals surface area contributed by atoms with Gasteiger partial charge in [0.25, 0.3) is 0 Å². The number of fused-ring (bicyclic) bond motifs is 6. The third-order valence-corrected chi connectivity index (χ3v) is 13.0. The highest BCUT2D eigenvalue weighted by molar-refractivity contribution is 7.85. The second-order valence-electron chi connectivity index (χ2n) is 13.9. The molecule has 3 unspecified atom stereocenters. The molecule has 3 heterocycles. The maximum Gasteiger partial charge on any atom is 0.171 e. The minimum Gasteiger partial charge on any atom is -0.490 e. The van der Waals surface area contributed by atoms with Crippen LogP contribution in [0.5, 0.6) is 34.5 Å². The lowest BCUT2D eigenvalue weighted by Crippen LogP contribution is -2.25. The molecule has 0 aliphatic carbocycles. The summed E-state index contributed by atoms with van der Waals surface area (Å²) in [4.78, 5) is 0. The van der Waals surface area contributed by atoms with E-state index in [0.29, 0.717) is 19.8 Å². The maximum atomic E-state index is 15.8. The van der Waals surface area contributed by atoms with E-state index < -0.39 is 7.14 Å². The van der Waals surface area contributed by atoms with Crippen molar-refractivity contribution in [1.29, 1.82) is 0 Å². The van der Waals surface area contributed by atoms with Gasteiger partial charge in [-0.25, -0.2) is 0 Å². The molecule has 9 rings (SSSR count). The number of hydrogen-bond donors (Lipinski definition) is 0. The standard InChI is InChI=1S/C45H39O7P/c1-28-25-47-34-10-19-40(43(22-34)50-28)31-4-13-37(14-5-31)53(46,38-15-6-32(7-16-38)41-20-11-35-23-44(41)51-29(2)26-48-35)39-17-8-33(9-18-39)42-21-12-36-24-45(42)52-30(3)27-49-36/h4-24,28-30H,25-27H2,1-3H3. The van der Waals surface area contributed by atoms with Gasteiger partial charge in [0.1, 0.15) is 72.6 Å². The van der Waals surface area contributed by atoms with Crippen molar-refractivity contribution in [2.24, 2.45) is 0 Å². The minimum absolute atomic E-state index is 0.0757. The van der Waals surface area contributed by atoms with Crippen molar-refractivity contribution in [3.8, 4) is 67.9 Å². The fourth-order valence-electron chi connectivity index (χ4n) is 7.18. The molecule has 3 aliphatic rings. The van der Waals surface area contributed by atoms with E-state index in [1.165, 1.54) is 0 Å². The van der Waals surface area contributed by atoms with Gasteiger partial charge in [0.05, 0.1) is 0 Å². The Morgan fingerprint density at radius 1 is 0.415 bits per heavy atom. The van der Waals surface area contributed by atoms with Gasteiger partial charge in [0.15, 0.2) is 7.14 Å². The van der Waals surface area contributed by atoms with Gasteiger partial charge in [0.2, 0.25) is 0 Å². The molecule has 7 nitrogen and oxygen atoms in total. The zero-order chi connectivity index (χ0) is 36.1. The fraction of sp³-hybridized carbons (Fsp3) is 0.200. The molecule has 6 aromatic carbocycles. The predicted molar refractivity (Wildman–Crippen MR) is 209 cm³/mol. The van der Waals surface area contributed by atoms with Gasteiger partial charge in [0, 0.05) is 50.8 Å². The molecule has 0 N–H and O–H groups in total. The number of hydrogen-bond acceptors (Lipinski definition) is 7. The second-order valence-corrected chi connectivity index (χ2v) is 16.7. The third kappa shape index (κ3) is 6.29. The van der Waals surface area contributed by atoms with Crippen LogP contribution in [0.25, 0.3) is 33.4 Å². The number of rotatable bonds is 6. The molecule has 6 bridgehead atoms. The highest BCUT2D eigenvalue weighted by atomic mass is 31.2. The SMILES string of the molecule is CC1COc2ccc(-c3ccc(P(=O)(c4ccc(-c5ccc6cc5OC(C)CO6)cc4)c4ccc(-c5ccc6cc5OC(C)CO6)cc4)cc3)c(c2)O1. The van der Waals surface area contributed by atoms with Crippen molar-refractivity contribution in [3.63, 3.8) is 0 Å². The van der Waals surface area contributed by atoms with E-state index in [1.807, 2.05) is 148 Å². The molecule has 0 saturated heterocycles. The van der Waals surface area contributed by atoms with Gasteiger partial charge >= 0.3 is 0 Å². The van der Waals surface area contributed by atoms with Gasteiger partial charge in [-0.2, -0.15) is 0 Å². The first-order valence-electron chi connectivity index (χ1n) is 18.0. The summed E-state index contributed by atoms with van der Waals surface area (Å²) in [6.45, 7) is 7.47. The molecule has 53 heavy (non-hydrogen) atoms. The Morgan fingerprint density at radius 2 is 0.698 bits per heavy atom. The monoisotopic (exact) mass is 722 g/mol. The number of benzene rings is 6. The van der Waals surface area contributed by atoms with Crippen LogP contribution < -0.4 is 44.3 Å². The zero-order valence-electron chi connectivity index (χ0n) is 29.8. The molecule has 266 valence electrons. The molecule has 0 aromatic heterocycles. The molecule has 3 atom stereocenters. The third-order valence-electron chi connectivity index (χ3n) is 9.92. The van der Waals surface area contributed by atoms with Gasteiger partial charge in [-0.3, -0.25) is 0 Å². The summed E-state index contributed by atoms with van der Waals surface area (Å²) in [6, 6.07) is 41.8. The van der Waals surface area contributed by atoms with Crippen LogP contribution in [-0.4, -0.2) is 38.1 Å². The Morgan fingerprint density at radius 3 is 0.981 bits per heavy atom. The second kappa shape index (κ2) is 13.4. The molecule has 0 saturated carbocycles. The molecule has 0 amide bonds. The van der Waals surface area contributed by atoms with Gasteiger partial charge in [-0.05, 0) is 73.9 Å². The topological polar surface area (TPSA) is 72.5 Å². The van der Waals surface area contributed by atoms with Crippen LogP contribution in [0.3, 0.4) is 0 Å². The van der Waals surface area contributed by atoms with Crippen LogP contribution in [0, 0.1) is 0 Å². The van der Waals surface area contributed by atoms with Crippen molar-refractivity contribution < 1.29 is 33.0 Å².